The van der Waals surface area contributed by atoms with Gasteiger partial charge in [0.25, 0.3) is 0 Å². The van der Waals surface area contributed by atoms with E-state index in [0.29, 0.717) is 12.1 Å². The molecule has 2 heteroatoms. The maximum absolute atomic E-state index is 5.25. The molecule has 1 heterocycles. The molecule has 2 nitrogen and oxygen atoms in total. The van der Waals surface area contributed by atoms with Gasteiger partial charge in [-0.2, -0.15) is 0 Å². The van der Waals surface area contributed by atoms with E-state index in [4.69, 9.17) is 4.74 Å². The van der Waals surface area contributed by atoms with Gasteiger partial charge in [0.15, 0.2) is 0 Å². The van der Waals surface area contributed by atoms with E-state index in [1.807, 2.05) is 0 Å². The van der Waals surface area contributed by atoms with Crippen LogP contribution in [0.15, 0.2) is 0 Å². The molecule has 1 fully saturated rings. The van der Waals surface area contributed by atoms with E-state index in [1.54, 1.807) is 7.11 Å². The number of nitrogens with one attached hydrogen (secondary N) is 1. The molecule has 54 valence electrons. The van der Waals surface area contributed by atoms with Crippen LogP contribution in [0.25, 0.3) is 0 Å². The van der Waals surface area contributed by atoms with Gasteiger partial charge in [-0.15, -0.1) is 0 Å². The van der Waals surface area contributed by atoms with Gasteiger partial charge in [-0.1, -0.05) is 6.92 Å². The van der Waals surface area contributed by atoms with Gasteiger partial charge < -0.3 is 10.1 Å². The summed E-state index contributed by atoms with van der Waals surface area (Å²) < 4.78 is 5.25. The molecular formula is C7H15NO. The Morgan fingerprint density at radius 3 is 2.89 bits per heavy atom. The minimum absolute atomic E-state index is 0.468. The van der Waals surface area contributed by atoms with Crippen molar-refractivity contribution in [1.82, 2.24) is 5.32 Å². The Morgan fingerprint density at radius 2 is 2.44 bits per heavy atom. The van der Waals surface area contributed by atoms with E-state index in [0.717, 1.165) is 6.54 Å². The van der Waals surface area contributed by atoms with Crippen molar-refractivity contribution in [2.45, 2.75) is 31.9 Å². The van der Waals surface area contributed by atoms with Gasteiger partial charge in [0.2, 0.25) is 0 Å². The molecule has 1 aliphatic heterocycles. The predicted molar refractivity (Wildman–Crippen MR) is 37.5 cm³/mol. The van der Waals surface area contributed by atoms with Crippen molar-refractivity contribution >= 4 is 0 Å². The summed E-state index contributed by atoms with van der Waals surface area (Å²) in [7, 11) is 1.79. The van der Waals surface area contributed by atoms with Crippen LogP contribution < -0.4 is 5.32 Å². The number of hydrogen-bond acceptors (Lipinski definition) is 2. The maximum atomic E-state index is 5.25. The average Bonchev–Trinajstić information content (AvgIpc) is 2.33. The fourth-order valence-electron chi connectivity index (χ4n) is 1.43. The first-order chi connectivity index (χ1) is 4.38. The molecular weight excluding hydrogens is 114 g/mol. The zero-order valence-corrected chi connectivity index (χ0v) is 6.18. The highest BCUT2D eigenvalue weighted by Gasteiger charge is 2.23. The highest BCUT2D eigenvalue weighted by atomic mass is 16.5. The Bertz CT molecular complexity index is 75.0. The maximum Gasteiger partial charge on any atom is 0.0736 e. The standard InChI is InChI=1S/C7H15NO/c1-3-6-7(9-2)4-5-8-6/h6-8H,3-5H2,1-2H3. The molecule has 0 amide bonds. The minimum Gasteiger partial charge on any atom is -0.380 e. The van der Waals surface area contributed by atoms with Crippen molar-refractivity contribution in [3.05, 3.63) is 0 Å². The van der Waals surface area contributed by atoms with Crippen molar-refractivity contribution in [3.63, 3.8) is 0 Å². The van der Waals surface area contributed by atoms with Gasteiger partial charge >= 0.3 is 0 Å². The molecule has 0 aromatic heterocycles. The van der Waals surface area contributed by atoms with Gasteiger partial charge in [-0.05, 0) is 19.4 Å². The van der Waals surface area contributed by atoms with Crippen LogP contribution in [0.4, 0.5) is 0 Å². The van der Waals surface area contributed by atoms with Crippen LogP contribution >= 0.6 is 0 Å². The SMILES string of the molecule is CCC1NCCC1OC. The summed E-state index contributed by atoms with van der Waals surface area (Å²) in [6.45, 7) is 3.31. The van der Waals surface area contributed by atoms with Gasteiger partial charge in [0, 0.05) is 13.2 Å². The zero-order chi connectivity index (χ0) is 6.69. The summed E-state index contributed by atoms with van der Waals surface area (Å²) in [5, 5.41) is 3.38. The summed E-state index contributed by atoms with van der Waals surface area (Å²) >= 11 is 0. The molecule has 0 spiro atoms. The second-order valence-electron chi connectivity index (χ2n) is 2.53. The highest BCUT2D eigenvalue weighted by molar-refractivity contribution is 4.82. The third-order valence-corrected chi connectivity index (χ3v) is 2.03. The van der Waals surface area contributed by atoms with Crippen molar-refractivity contribution in [2.75, 3.05) is 13.7 Å². The molecule has 1 aliphatic rings. The second kappa shape index (κ2) is 3.18. The second-order valence-corrected chi connectivity index (χ2v) is 2.53. The summed E-state index contributed by atoms with van der Waals surface area (Å²) in [6, 6.07) is 0.606. The molecule has 1 saturated heterocycles. The smallest absolute Gasteiger partial charge is 0.0736 e. The lowest BCUT2D eigenvalue weighted by atomic mass is 10.1. The highest BCUT2D eigenvalue weighted by Crippen LogP contribution is 2.12. The minimum atomic E-state index is 0.468. The summed E-state index contributed by atoms with van der Waals surface area (Å²) in [5.74, 6) is 0. The fraction of sp³-hybridized carbons (Fsp3) is 1.00. The lowest BCUT2D eigenvalue weighted by Gasteiger charge is -2.14. The van der Waals surface area contributed by atoms with E-state index in [1.165, 1.54) is 12.8 Å². The first kappa shape index (κ1) is 7.03. The molecule has 0 aromatic carbocycles. The lowest BCUT2D eigenvalue weighted by molar-refractivity contribution is 0.0909. The van der Waals surface area contributed by atoms with Crippen molar-refractivity contribution in [1.29, 1.82) is 0 Å². The van der Waals surface area contributed by atoms with Crippen molar-refractivity contribution in [2.24, 2.45) is 0 Å². The molecule has 0 bridgehead atoms. The van der Waals surface area contributed by atoms with Crippen molar-refractivity contribution in [3.8, 4) is 0 Å². The van der Waals surface area contributed by atoms with Crippen LogP contribution in [-0.2, 0) is 4.74 Å². The van der Waals surface area contributed by atoms with Crippen LogP contribution in [0.5, 0.6) is 0 Å². The first-order valence-electron chi connectivity index (χ1n) is 3.64. The predicted octanol–water partition coefficient (Wildman–Crippen LogP) is 0.773. The molecule has 0 radical (unpaired) electrons. The Kier molecular flexibility index (Phi) is 2.49. The normalized spacial score (nSPS) is 35.3. The Hall–Kier alpha value is -0.0800. The molecule has 0 aliphatic carbocycles. The zero-order valence-electron chi connectivity index (χ0n) is 6.18. The molecule has 1 rings (SSSR count). The van der Waals surface area contributed by atoms with Gasteiger partial charge in [0.1, 0.15) is 0 Å². The topological polar surface area (TPSA) is 21.3 Å². The third-order valence-electron chi connectivity index (χ3n) is 2.03. The van der Waals surface area contributed by atoms with Crippen LogP contribution in [0, 0.1) is 0 Å². The molecule has 0 aromatic rings. The van der Waals surface area contributed by atoms with Crippen molar-refractivity contribution < 1.29 is 4.74 Å². The monoisotopic (exact) mass is 129 g/mol. The molecule has 0 saturated carbocycles. The first-order valence-corrected chi connectivity index (χ1v) is 3.64. The van der Waals surface area contributed by atoms with Crippen LogP contribution in [-0.4, -0.2) is 25.8 Å². The summed E-state index contributed by atoms with van der Waals surface area (Å²) in [4.78, 5) is 0. The van der Waals surface area contributed by atoms with E-state index in [9.17, 15) is 0 Å². The van der Waals surface area contributed by atoms with E-state index >= 15 is 0 Å². The quantitative estimate of drug-likeness (QED) is 0.594. The Morgan fingerprint density at radius 1 is 1.67 bits per heavy atom. The number of hydrogen-bond donors (Lipinski definition) is 1. The molecule has 1 N–H and O–H groups in total. The van der Waals surface area contributed by atoms with E-state index in [2.05, 4.69) is 12.2 Å². The third kappa shape index (κ3) is 1.43. The summed E-state index contributed by atoms with van der Waals surface area (Å²) in [6.07, 6.45) is 2.82. The number of rotatable bonds is 2. The number of ether oxygens (including phenoxy) is 1. The molecule has 9 heavy (non-hydrogen) atoms. The van der Waals surface area contributed by atoms with Gasteiger partial charge in [-0.25, -0.2) is 0 Å². The van der Waals surface area contributed by atoms with Gasteiger partial charge in [-0.3, -0.25) is 0 Å². The van der Waals surface area contributed by atoms with Crippen LogP contribution in [0.1, 0.15) is 19.8 Å². The molecule has 2 unspecified atom stereocenters. The van der Waals surface area contributed by atoms with Crippen LogP contribution in [0.3, 0.4) is 0 Å². The average molecular weight is 129 g/mol. The lowest BCUT2D eigenvalue weighted by Crippen LogP contribution is -2.30. The fourth-order valence-corrected chi connectivity index (χ4v) is 1.43. The Labute approximate surface area is 56.6 Å². The van der Waals surface area contributed by atoms with E-state index < -0.39 is 0 Å². The molecule has 2 atom stereocenters. The van der Waals surface area contributed by atoms with Crippen LogP contribution in [0.2, 0.25) is 0 Å². The Balaban J connectivity index is 2.32. The van der Waals surface area contributed by atoms with Gasteiger partial charge in [0.05, 0.1) is 6.10 Å². The number of methoxy groups -OCH3 is 1. The largest absolute Gasteiger partial charge is 0.380 e. The summed E-state index contributed by atoms with van der Waals surface area (Å²) in [5.41, 5.74) is 0. The van der Waals surface area contributed by atoms with E-state index in [-0.39, 0.29) is 0 Å².